The number of ether oxygens (including phenoxy) is 1. The van der Waals surface area contributed by atoms with Crippen LogP contribution in [-0.2, 0) is 11.2 Å². The lowest BCUT2D eigenvalue weighted by Crippen LogP contribution is -2.44. The number of allylic oxidation sites excluding steroid dienone is 3. The Hall–Kier alpha value is -2.89. The predicted octanol–water partition coefficient (Wildman–Crippen LogP) is 4.04. The molecule has 2 aromatic rings. The molecule has 5 nitrogen and oxygen atoms in total. The minimum absolute atomic E-state index is 0.167. The monoisotopic (exact) mass is 434 g/mol. The summed E-state index contributed by atoms with van der Waals surface area (Å²) >= 11 is 0. The number of primary amides is 1. The maximum Gasteiger partial charge on any atom is 0.221 e. The Labute approximate surface area is 191 Å². The summed E-state index contributed by atoms with van der Waals surface area (Å²) in [5.74, 6) is 0.642. The molecule has 2 aromatic carbocycles. The normalized spacial score (nSPS) is 17.5. The summed E-state index contributed by atoms with van der Waals surface area (Å²) in [5, 5.41) is 10.8. The van der Waals surface area contributed by atoms with Gasteiger partial charge in [-0.3, -0.25) is 9.69 Å². The Kier molecular flexibility index (Phi) is 8.65. The van der Waals surface area contributed by atoms with Crippen LogP contribution >= 0.6 is 0 Å². The summed E-state index contributed by atoms with van der Waals surface area (Å²) in [6.45, 7) is 5.04. The smallest absolute Gasteiger partial charge is 0.221 e. The molecule has 1 aliphatic carbocycles. The number of nitrogens with two attached hydrogens (primary N) is 1. The molecule has 0 fully saturated rings. The molecule has 32 heavy (non-hydrogen) atoms. The van der Waals surface area contributed by atoms with Crippen LogP contribution in [0.25, 0.3) is 0 Å². The van der Waals surface area contributed by atoms with Gasteiger partial charge in [0, 0.05) is 24.5 Å². The fourth-order valence-corrected chi connectivity index (χ4v) is 4.21. The van der Waals surface area contributed by atoms with E-state index in [0.29, 0.717) is 18.2 Å². The van der Waals surface area contributed by atoms with Gasteiger partial charge in [-0.15, -0.1) is 0 Å². The number of benzene rings is 2. The van der Waals surface area contributed by atoms with E-state index >= 15 is 0 Å². The van der Waals surface area contributed by atoms with E-state index in [4.69, 9.17) is 10.5 Å². The Bertz CT molecular complexity index is 906. The summed E-state index contributed by atoms with van der Waals surface area (Å²) in [4.78, 5) is 13.4. The molecule has 0 radical (unpaired) electrons. The quantitative estimate of drug-likeness (QED) is 0.560. The average molecular weight is 435 g/mol. The van der Waals surface area contributed by atoms with Crippen molar-refractivity contribution in [2.45, 2.75) is 44.9 Å². The zero-order valence-corrected chi connectivity index (χ0v) is 18.9. The molecule has 0 aromatic heterocycles. The van der Waals surface area contributed by atoms with Crippen LogP contribution in [-0.4, -0.2) is 41.2 Å². The van der Waals surface area contributed by atoms with Crippen molar-refractivity contribution in [1.82, 2.24) is 4.90 Å². The second kappa shape index (κ2) is 11.7. The van der Waals surface area contributed by atoms with Crippen LogP contribution in [0.4, 0.5) is 0 Å². The molecule has 0 saturated heterocycles. The summed E-state index contributed by atoms with van der Waals surface area (Å²) in [6.07, 6.45) is 9.22. The van der Waals surface area contributed by atoms with E-state index in [1.54, 1.807) is 12.1 Å². The van der Waals surface area contributed by atoms with Gasteiger partial charge in [-0.05, 0) is 43.5 Å². The fraction of sp³-hybridized carbons (Fsp3) is 0.370. The first-order valence-corrected chi connectivity index (χ1v) is 11.3. The fourth-order valence-electron chi connectivity index (χ4n) is 4.21. The third-order valence-corrected chi connectivity index (χ3v) is 5.75. The van der Waals surface area contributed by atoms with Crippen molar-refractivity contribution in [3.63, 3.8) is 0 Å². The predicted molar refractivity (Wildman–Crippen MR) is 128 cm³/mol. The van der Waals surface area contributed by atoms with E-state index in [0.717, 1.165) is 12.0 Å². The average Bonchev–Trinajstić information content (AvgIpc) is 2.79. The van der Waals surface area contributed by atoms with E-state index in [9.17, 15) is 9.90 Å². The molecule has 0 spiro atoms. The maximum atomic E-state index is 11.0. The number of hydrogen-bond acceptors (Lipinski definition) is 4. The molecule has 0 saturated carbocycles. The lowest BCUT2D eigenvalue weighted by molar-refractivity contribution is -0.117. The third-order valence-electron chi connectivity index (χ3n) is 5.75. The van der Waals surface area contributed by atoms with Crippen LogP contribution < -0.4 is 10.5 Å². The van der Waals surface area contributed by atoms with Crippen molar-refractivity contribution in [1.29, 1.82) is 0 Å². The number of amides is 1. The lowest BCUT2D eigenvalue weighted by atomic mass is 9.86. The van der Waals surface area contributed by atoms with Crippen LogP contribution in [0.1, 0.15) is 37.4 Å². The highest BCUT2D eigenvalue weighted by Gasteiger charge is 2.30. The number of aliphatic hydroxyl groups excluding tert-OH is 1. The van der Waals surface area contributed by atoms with Crippen LogP contribution in [0.15, 0.2) is 78.9 Å². The van der Waals surface area contributed by atoms with Gasteiger partial charge in [0.1, 0.15) is 18.5 Å². The van der Waals surface area contributed by atoms with Crippen LogP contribution in [0.3, 0.4) is 0 Å². The zero-order valence-electron chi connectivity index (χ0n) is 18.9. The molecule has 170 valence electrons. The van der Waals surface area contributed by atoms with E-state index in [1.807, 2.05) is 18.2 Å². The van der Waals surface area contributed by atoms with Crippen LogP contribution in [0, 0.1) is 5.92 Å². The van der Waals surface area contributed by atoms with Gasteiger partial charge >= 0.3 is 0 Å². The van der Waals surface area contributed by atoms with Crippen LogP contribution in [0.2, 0.25) is 0 Å². The maximum absolute atomic E-state index is 11.0. The number of rotatable bonds is 11. The van der Waals surface area contributed by atoms with Gasteiger partial charge in [0.25, 0.3) is 0 Å². The number of nitrogens with zero attached hydrogens (tertiary/aromatic N) is 1. The Morgan fingerprint density at radius 1 is 1.12 bits per heavy atom. The van der Waals surface area contributed by atoms with E-state index in [1.165, 1.54) is 5.56 Å². The molecule has 1 amide bonds. The summed E-state index contributed by atoms with van der Waals surface area (Å²) in [5.41, 5.74) is 7.33. The first kappa shape index (κ1) is 23.8. The van der Waals surface area contributed by atoms with Gasteiger partial charge in [-0.2, -0.15) is 0 Å². The molecule has 3 N–H and O–H groups in total. The summed E-state index contributed by atoms with van der Waals surface area (Å²) < 4.78 is 5.82. The van der Waals surface area contributed by atoms with Crippen molar-refractivity contribution in [2.24, 2.45) is 11.7 Å². The second-order valence-corrected chi connectivity index (χ2v) is 8.61. The van der Waals surface area contributed by atoms with Crippen molar-refractivity contribution >= 4 is 5.91 Å². The third kappa shape index (κ3) is 6.81. The van der Waals surface area contributed by atoms with E-state index < -0.39 is 6.10 Å². The van der Waals surface area contributed by atoms with Crippen molar-refractivity contribution in [3.05, 3.63) is 90.0 Å². The van der Waals surface area contributed by atoms with E-state index in [2.05, 4.69) is 67.3 Å². The zero-order chi connectivity index (χ0) is 22.9. The highest BCUT2D eigenvalue weighted by Crippen LogP contribution is 2.35. The largest absolute Gasteiger partial charge is 0.491 e. The number of carbonyl (C=O) groups excluding carboxylic acids is 1. The first-order chi connectivity index (χ1) is 15.4. The molecule has 5 heteroatoms. The van der Waals surface area contributed by atoms with Gasteiger partial charge in [-0.25, -0.2) is 0 Å². The molecule has 0 heterocycles. The van der Waals surface area contributed by atoms with E-state index in [-0.39, 0.29) is 31.0 Å². The Morgan fingerprint density at radius 3 is 2.44 bits per heavy atom. The van der Waals surface area contributed by atoms with Gasteiger partial charge in [0.15, 0.2) is 0 Å². The molecular formula is C27H34N2O3. The van der Waals surface area contributed by atoms with Crippen LogP contribution in [0.5, 0.6) is 5.75 Å². The molecule has 3 unspecified atom stereocenters. The van der Waals surface area contributed by atoms with Gasteiger partial charge in [0.05, 0.1) is 6.42 Å². The Balaban J connectivity index is 1.67. The highest BCUT2D eigenvalue weighted by atomic mass is 16.5. The lowest BCUT2D eigenvalue weighted by Gasteiger charge is -2.40. The minimum atomic E-state index is -0.642. The first-order valence-electron chi connectivity index (χ1n) is 11.3. The molecule has 3 rings (SSSR count). The Morgan fingerprint density at radius 2 is 1.84 bits per heavy atom. The molecule has 1 aliphatic rings. The SMILES string of the molecule is CC(C)N(CC(O)COc1ccc(CC(N)=O)cc1)C(c1ccccc1)C1C=CC=CC1. The molecule has 0 bridgehead atoms. The standard InChI is InChI=1S/C27H34N2O3/c1-20(2)29(27(22-9-5-3-6-10-22)23-11-7-4-8-12-23)18-24(30)19-32-25-15-13-21(14-16-25)17-26(28)31/h3-11,13-16,20,23-24,27,30H,12,17-19H2,1-2H3,(H2,28,31). The van der Waals surface area contributed by atoms with Crippen molar-refractivity contribution in [2.75, 3.05) is 13.2 Å². The minimum Gasteiger partial charge on any atom is -0.491 e. The number of aliphatic hydroxyl groups is 1. The molecular weight excluding hydrogens is 400 g/mol. The molecule has 3 atom stereocenters. The van der Waals surface area contributed by atoms with Gasteiger partial charge in [0.2, 0.25) is 5.91 Å². The van der Waals surface area contributed by atoms with Gasteiger partial charge < -0.3 is 15.6 Å². The van der Waals surface area contributed by atoms with Crippen molar-refractivity contribution in [3.8, 4) is 5.75 Å². The topological polar surface area (TPSA) is 75.8 Å². The number of hydrogen-bond donors (Lipinski definition) is 2. The van der Waals surface area contributed by atoms with Gasteiger partial charge in [-0.1, -0.05) is 66.8 Å². The second-order valence-electron chi connectivity index (χ2n) is 8.61. The summed E-state index contributed by atoms with van der Waals surface area (Å²) in [6, 6.07) is 18.2. The van der Waals surface area contributed by atoms with Crippen molar-refractivity contribution < 1.29 is 14.6 Å². The highest BCUT2D eigenvalue weighted by molar-refractivity contribution is 5.76. The molecule has 0 aliphatic heterocycles. The number of carbonyl (C=O) groups is 1. The summed E-state index contributed by atoms with van der Waals surface area (Å²) in [7, 11) is 0.